The number of rotatable bonds is 14. The number of thiocarbonyl (C=S) groups is 1. The maximum atomic E-state index is 11.9. The number of halogens is 1. The van der Waals surface area contributed by atoms with Crippen LogP contribution in [0, 0.1) is 16.0 Å². The molecule has 1 aliphatic carbocycles. The van der Waals surface area contributed by atoms with Crippen molar-refractivity contribution >= 4 is 76.4 Å². The van der Waals surface area contributed by atoms with Crippen LogP contribution in [-0.4, -0.2) is 52.9 Å². The molecule has 6 rings (SSSR count). The molecule has 3 aromatic carbocycles. The number of barbiturate groups is 1. The van der Waals surface area contributed by atoms with E-state index in [4.69, 9.17) is 33.3 Å². The highest BCUT2D eigenvalue weighted by Crippen LogP contribution is 2.31. The topological polar surface area (TPSA) is 195 Å². The highest BCUT2D eigenvalue weighted by molar-refractivity contribution is 7.80. The van der Waals surface area contributed by atoms with Gasteiger partial charge in [0.15, 0.2) is 10.9 Å². The standard InChI is InChI=1S/C21H19ClN2O4.C20H23N3O5S/c22-17-13-15(12-16-19(25)23-21(27)24-20(16)26)9-10-18(17)28-11-5-4-8-14-6-2-1-3-7-14;24-18-15(19(25)22-20(29)21-18)11-14-8-9-17(16(12-14)23(26)27)28-10-4-7-13-5-2-1-3-6-13/h1-3,6-7,9-10,12-13H,4-5,8,11H2,(H2,23,24,25,26,27);8-9,11-13H,1-7,10H2,(H2,21,22,24,25,29). The molecule has 6 amide bonds. The second-order valence-electron chi connectivity index (χ2n) is 13.6. The SMILES string of the molecule is O=C1NC(=O)C(=Cc2ccc(OCCCCc3ccccc3)c(Cl)c2)C(=O)N1.O=C1NC(=S)NC(=O)C1=Cc1ccc(OCCCC2CCCCC2)c([N+](=O)[O-])c1. The van der Waals surface area contributed by atoms with Crippen molar-refractivity contribution < 1.29 is 38.4 Å². The minimum Gasteiger partial charge on any atom is -0.492 e. The van der Waals surface area contributed by atoms with E-state index in [2.05, 4.69) is 22.8 Å². The van der Waals surface area contributed by atoms with E-state index in [1.54, 1.807) is 24.3 Å². The molecule has 3 aliphatic rings. The van der Waals surface area contributed by atoms with Gasteiger partial charge in [0.2, 0.25) is 0 Å². The number of imide groups is 2. The first-order valence-electron chi connectivity index (χ1n) is 18.6. The van der Waals surface area contributed by atoms with E-state index in [9.17, 15) is 34.1 Å². The zero-order chi connectivity index (χ0) is 40.7. The molecule has 0 aromatic heterocycles. The lowest BCUT2D eigenvalue weighted by molar-refractivity contribution is -0.385. The second-order valence-corrected chi connectivity index (χ2v) is 14.4. The predicted molar refractivity (Wildman–Crippen MR) is 217 cm³/mol. The maximum absolute atomic E-state index is 11.9. The number of ether oxygens (including phenoxy) is 2. The molecule has 0 atom stereocenters. The summed E-state index contributed by atoms with van der Waals surface area (Å²) in [6.45, 7) is 0.958. The summed E-state index contributed by atoms with van der Waals surface area (Å²) in [4.78, 5) is 69.4. The molecule has 2 heterocycles. The van der Waals surface area contributed by atoms with Crippen molar-refractivity contribution in [2.45, 2.75) is 64.2 Å². The summed E-state index contributed by atoms with van der Waals surface area (Å²) in [5.74, 6) is -1.34. The fourth-order valence-corrected chi connectivity index (χ4v) is 6.88. The molecule has 1 saturated carbocycles. The van der Waals surface area contributed by atoms with Crippen LogP contribution in [0.4, 0.5) is 10.5 Å². The summed E-state index contributed by atoms with van der Waals surface area (Å²) < 4.78 is 11.4. The Kier molecular flexibility index (Phi) is 15.4. The van der Waals surface area contributed by atoms with Gasteiger partial charge in [0.1, 0.15) is 16.9 Å². The van der Waals surface area contributed by atoms with Crippen molar-refractivity contribution in [3.8, 4) is 11.5 Å². The largest absolute Gasteiger partial charge is 0.492 e. The number of urea groups is 1. The first-order chi connectivity index (χ1) is 27.5. The molecule has 14 nitrogen and oxygen atoms in total. The molecule has 57 heavy (non-hydrogen) atoms. The predicted octanol–water partition coefficient (Wildman–Crippen LogP) is 6.74. The molecule has 4 N–H and O–H groups in total. The van der Waals surface area contributed by atoms with E-state index in [1.807, 2.05) is 28.8 Å². The van der Waals surface area contributed by atoms with Crippen LogP contribution in [0.2, 0.25) is 5.02 Å². The number of carbonyl (C=O) groups excluding carboxylic acids is 5. The number of hydrogen-bond donors (Lipinski definition) is 4. The Morgan fingerprint density at radius 2 is 1.28 bits per heavy atom. The minimum absolute atomic E-state index is 0.0693. The first-order valence-corrected chi connectivity index (χ1v) is 19.4. The van der Waals surface area contributed by atoms with Crippen LogP contribution < -0.4 is 30.7 Å². The van der Waals surface area contributed by atoms with Gasteiger partial charge < -0.3 is 9.47 Å². The smallest absolute Gasteiger partial charge is 0.328 e. The maximum Gasteiger partial charge on any atom is 0.328 e. The van der Waals surface area contributed by atoms with Crippen molar-refractivity contribution in [3.63, 3.8) is 0 Å². The number of nitrogens with zero attached hydrogens (tertiary/aromatic N) is 1. The lowest BCUT2D eigenvalue weighted by Crippen LogP contribution is -2.51. The van der Waals surface area contributed by atoms with Crippen LogP contribution >= 0.6 is 23.8 Å². The number of hydrogen-bond acceptors (Lipinski definition) is 10. The molecule has 0 unspecified atom stereocenters. The Bertz CT molecular complexity index is 2040. The van der Waals surface area contributed by atoms with Gasteiger partial charge in [-0.15, -0.1) is 0 Å². The second kappa shape index (κ2) is 20.8. The van der Waals surface area contributed by atoms with Gasteiger partial charge in [0.05, 0.1) is 23.2 Å². The highest BCUT2D eigenvalue weighted by atomic mass is 35.5. The van der Waals surface area contributed by atoms with E-state index >= 15 is 0 Å². The van der Waals surface area contributed by atoms with Gasteiger partial charge in [-0.2, -0.15) is 0 Å². The van der Waals surface area contributed by atoms with E-state index in [0.29, 0.717) is 35.1 Å². The third-order valence-electron chi connectivity index (χ3n) is 9.34. The van der Waals surface area contributed by atoms with Crippen molar-refractivity contribution in [1.82, 2.24) is 21.3 Å². The van der Waals surface area contributed by atoms with E-state index in [1.165, 1.54) is 62.0 Å². The molecule has 3 fully saturated rings. The number of benzene rings is 3. The van der Waals surface area contributed by atoms with Gasteiger partial charge in [0, 0.05) is 6.07 Å². The monoisotopic (exact) mass is 815 g/mol. The zero-order valence-electron chi connectivity index (χ0n) is 31.0. The Morgan fingerprint density at radius 3 is 1.89 bits per heavy atom. The third kappa shape index (κ3) is 12.8. The van der Waals surface area contributed by atoms with Crippen molar-refractivity contribution in [2.24, 2.45) is 5.92 Å². The zero-order valence-corrected chi connectivity index (χ0v) is 32.5. The van der Waals surface area contributed by atoms with Gasteiger partial charge in [-0.1, -0.05) is 86.2 Å². The Balaban J connectivity index is 0.000000218. The average Bonchev–Trinajstić information content (AvgIpc) is 3.18. The molecule has 298 valence electrons. The highest BCUT2D eigenvalue weighted by Gasteiger charge is 2.28. The van der Waals surface area contributed by atoms with Crippen molar-refractivity contribution in [3.05, 3.63) is 110 Å². The van der Waals surface area contributed by atoms with Gasteiger partial charge in [-0.05, 0) is 97.3 Å². The summed E-state index contributed by atoms with van der Waals surface area (Å²) in [6, 6.07) is 18.8. The average molecular weight is 816 g/mol. The lowest BCUT2D eigenvalue weighted by atomic mass is 9.86. The number of unbranched alkanes of at least 4 members (excludes halogenated alkanes) is 1. The van der Waals surface area contributed by atoms with Gasteiger partial charge >= 0.3 is 11.7 Å². The summed E-state index contributed by atoms with van der Waals surface area (Å²) in [5.41, 5.74) is 1.66. The van der Waals surface area contributed by atoms with Crippen LogP contribution in [0.1, 0.15) is 74.5 Å². The van der Waals surface area contributed by atoms with Crippen LogP contribution in [0.3, 0.4) is 0 Å². The van der Waals surface area contributed by atoms with E-state index in [-0.39, 0.29) is 27.7 Å². The molecular weight excluding hydrogens is 774 g/mol. The molecule has 3 aromatic rings. The van der Waals surface area contributed by atoms with Crippen LogP contribution in [0.5, 0.6) is 11.5 Å². The Morgan fingerprint density at radius 1 is 0.719 bits per heavy atom. The number of aryl methyl sites for hydroxylation is 1. The van der Waals surface area contributed by atoms with Crippen molar-refractivity contribution in [1.29, 1.82) is 0 Å². The van der Waals surface area contributed by atoms with Gasteiger partial charge in [0.25, 0.3) is 23.6 Å². The minimum atomic E-state index is -0.832. The molecule has 16 heteroatoms. The molecule has 0 bridgehead atoms. The van der Waals surface area contributed by atoms with Crippen LogP contribution in [-0.2, 0) is 25.6 Å². The van der Waals surface area contributed by atoms with Gasteiger partial charge in [-0.3, -0.25) is 50.6 Å². The lowest BCUT2D eigenvalue weighted by Gasteiger charge is -2.21. The summed E-state index contributed by atoms with van der Waals surface area (Å²) in [7, 11) is 0. The number of nitrogens with one attached hydrogen (secondary N) is 4. The summed E-state index contributed by atoms with van der Waals surface area (Å²) in [6.07, 6.45) is 13.9. The third-order valence-corrected chi connectivity index (χ3v) is 9.84. The fraction of sp³-hybridized carbons (Fsp3) is 0.317. The molecule has 0 spiro atoms. The molecular formula is C41H42ClN5O9S. The fourth-order valence-electron chi connectivity index (χ4n) is 6.45. The number of carbonyl (C=O) groups is 5. The number of nitro benzene ring substituents is 1. The Hall–Kier alpha value is -5.93. The van der Waals surface area contributed by atoms with Crippen LogP contribution in [0.15, 0.2) is 77.9 Å². The molecule has 2 saturated heterocycles. The quantitative estimate of drug-likeness (QED) is 0.0338. The van der Waals surface area contributed by atoms with E-state index < -0.39 is 34.6 Å². The summed E-state index contributed by atoms with van der Waals surface area (Å²) in [5, 5.41) is 20.4. The molecule has 0 radical (unpaired) electrons. The first kappa shape index (κ1) is 42.2. The number of amides is 6. The normalized spacial score (nSPS) is 15.7. The van der Waals surface area contributed by atoms with Crippen LogP contribution in [0.25, 0.3) is 12.2 Å². The molecule has 2 aliphatic heterocycles. The summed E-state index contributed by atoms with van der Waals surface area (Å²) >= 11 is 11.0. The Labute approximate surface area is 339 Å². The van der Waals surface area contributed by atoms with E-state index in [0.717, 1.165) is 38.0 Å². The number of nitro groups is 1. The van der Waals surface area contributed by atoms with Crippen molar-refractivity contribution in [2.75, 3.05) is 13.2 Å². The van der Waals surface area contributed by atoms with Gasteiger partial charge in [-0.25, -0.2) is 4.79 Å².